The number of hydrogen-bond donors (Lipinski definition) is 0. The second-order valence-corrected chi connectivity index (χ2v) is 7.43. The molecule has 0 spiro atoms. The second kappa shape index (κ2) is 9.69. The zero-order valence-corrected chi connectivity index (χ0v) is 18.1. The average molecular weight is 453 g/mol. The summed E-state index contributed by atoms with van der Waals surface area (Å²) in [4.78, 5) is 4.38. The normalized spacial score (nSPS) is 11.1. The summed E-state index contributed by atoms with van der Waals surface area (Å²) in [7, 11) is 1.64. The zero-order valence-electron chi connectivity index (χ0n) is 16.6. The SMILES string of the molecule is COc1ccc(/C=C\c2nc(-c3ccc(Cl)cc3Cl)no2)cc1COc1ccccc1. The molecule has 0 aliphatic carbocycles. The van der Waals surface area contributed by atoms with Crippen LogP contribution in [0.3, 0.4) is 0 Å². The van der Waals surface area contributed by atoms with Gasteiger partial charge in [0.15, 0.2) is 0 Å². The fourth-order valence-corrected chi connectivity index (χ4v) is 3.44. The summed E-state index contributed by atoms with van der Waals surface area (Å²) in [6.45, 7) is 0.384. The van der Waals surface area contributed by atoms with Crippen molar-refractivity contribution in [1.29, 1.82) is 0 Å². The maximum absolute atomic E-state index is 6.22. The number of ether oxygens (including phenoxy) is 2. The summed E-state index contributed by atoms with van der Waals surface area (Å²) in [6, 6.07) is 20.6. The van der Waals surface area contributed by atoms with Gasteiger partial charge in [-0.25, -0.2) is 0 Å². The Labute approximate surface area is 189 Å². The summed E-state index contributed by atoms with van der Waals surface area (Å²) in [6.07, 6.45) is 3.62. The Bertz CT molecular complexity index is 1210. The third-order valence-corrected chi connectivity index (χ3v) is 5.02. The molecule has 0 bridgehead atoms. The Morgan fingerprint density at radius 2 is 1.81 bits per heavy atom. The molecule has 4 rings (SSSR count). The van der Waals surface area contributed by atoms with E-state index in [0.29, 0.717) is 33.9 Å². The second-order valence-electron chi connectivity index (χ2n) is 6.59. The number of para-hydroxylation sites is 1. The third-order valence-electron chi connectivity index (χ3n) is 4.47. The molecule has 5 nitrogen and oxygen atoms in total. The maximum atomic E-state index is 6.22. The van der Waals surface area contributed by atoms with E-state index in [4.69, 9.17) is 37.2 Å². The minimum atomic E-state index is 0.360. The van der Waals surface area contributed by atoms with Crippen LogP contribution in [0.5, 0.6) is 11.5 Å². The molecule has 1 aromatic heterocycles. The van der Waals surface area contributed by atoms with Crippen LogP contribution in [0.1, 0.15) is 17.0 Å². The lowest BCUT2D eigenvalue weighted by Gasteiger charge is -2.11. The highest BCUT2D eigenvalue weighted by Crippen LogP contribution is 2.29. The van der Waals surface area contributed by atoms with Crippen LogP contribution in [-0.2, 0) is 6.61 Å². The van der Waals surface area contributed by atoms with Gasteiger partial charge in [0, 0.05) is 22.2 Å². The zero-order chi connectivity index (χ0) is 21.6. The van der Waals surface area contributed by atoms with E-state index in [1.54, 1.807) is 31.4 Å². The molecule has 0 saturated carbocycles. The lowest BCUT2D eigenvalue weighted by atomic mass is 10.1. The Kier molecular flexibility index (Phi) is 6.55. The summed E-state index contributed by atoms with van der Waals surface area (Å²) in [5.74, 6) is 2.31. The Hall–Kier alpha value is -3.28. The molecule has 0 saturated heterocycles. The number of rotatable bonds is 7. The lowest BCUT2D eigenvalue weighted by Crippen LogP contribution is -1.99. The van der Waals surface area contributed by atoms with Crippen LogP contribution in [0.2, 0.25) is 10.0 Å². The van der Waals surface area contributed by atoms with E-state index in [9.17, 15) is 0 Å². The first-order chi connectivity index (χ1) is 15.1. The van der Waals surface area contributed by atoms with Crippen molar-refractivity contribution < 1.29 is 14.0 Å². The molecular weight excluding hydrogens is 435 g/mol. The molecule has 7 heteroatoms. The molecule has 0 radical (unpaired) electrons. The minimum Gasteiger partial charge on any atom is -0.496 e. The van der Waals surface area contributed by atoms with Gasteiger partial charge in [-0.3, -0.25) is 0 Å². The molecule has 0 aliphatic rings. The number of benzene rings is 3. The van der Waals surface area contributed by atoms with Crippen molar-refractivity contribution in [3.05, 3.63) is 93.8 Å². The van der Waals surface area contributed by atoms with Crippen LogP contribution < -0.4 is 9.47 Å². The van der Waals surface area contributed by atoms with Crippen LogP contribution >= 0.6 is 23.2 Å². The number of aromatic nitrogens is 2. The van der Waals surface area contributed by atoms with Gasteiger partial charge in [-0.1, -0.05) is 52.6 Å². The molecule has 0 unspecified atom stereocenters. The fraction of sp³-hybridized carbons (Fsp3) is 0.0833. The van der Waals surface area contributed by atoms with Gasteiger partial charge in [0.25, 0.3) is 5.89 Å². The molecule has 1 heterocycles. The molecule has 0 atom stereocenters. The number of halogens is 2. The van der Waals surface area contributed by atoms with Crippen molar-refractivity contribution in [2.24, 2.45) is 0 Å². The molecule has 0 amide bonds. The topological polar surface area (TPSA) is 57.4 Å². The molecule has 156 valence electrons. The molecule has 31 heavy (non-hydrogen) atoms. The van der Waals surface area contributed by atoms with Crippen molar-refractivity contribution >= 4 is 35.4 Å². The predicted molar refractivity (Wildman–Crippen MR) is 122 cm³/mol. The highest BCUT2D eigenvalue weighted by molar-refractivity contribution is 6.36. The van der Waals surface area contributed by atoms with Gasteiger partial charge in [-0.2, -0.15) is 4.98 Å². The molecule has 4 aromatic rings. The standard InChI is InChI=1S/C24H18Cl2N2O3/c1-29-22-11-7-16(13-17(22)15-30-19-5-3-2-4-6-19)8-12-23-27-24(28-31-23)20-10-9-18(25)14-21(20)26/h2-14H,15H2,1H3/b12-8-. The van der Waals surface area contributed by atoms with E-state index in [0.717, 1.165) is 22.6 Å². The third kappa shape index (κ3) is 5.26. The number of nitrogens with zero attached hydrogens (tertiary/aromatic N) is 2. The summed E-state index contributed by atoms with van der Waals surface area (Å²) < 4.78 is 16.6. The van der Waals surface area contributed by atoms with Crippen LogP contribution in [0.25, 0.3) is 23.5 Å². The van der Waals surface area contributed by atoms with Gasteiger partial charge in [0.2, 0.25) is 5.82 Å². The van der Waals surface area contributed by atoms with Gasteiger partial charge in [0.1, 0.15) is 18.1 Å². The first-order valence-electron chi connectivity index (χ1n) is 9.44. The summed E-state index contributed by atoms with van der Waals surface area (Å²) >= 11 is 12.2. The molecule has 3 aromatic carbocycles. The Morgan fingerprint density at radius 1 is 0.968 bits per heavy atom. The van der Waals surface area contributed by atoms with E-state index >= 15 is 0 Å². The molecular formula is C24H18Cl2N2O3. The lowest BCUT2D eigenvalue weighted by molar-refractivity contribution is 0.296. The van der Waals surface area contributed by atoms with Crippen molar-refractivity contribution in [3.63, 3.8) is 0 Å². The van der Waals surface area contributed by atoms with E-state index in [2.05, 4.69) is 10.1 Å². The van der Waals surface area contributed by atoms with Crippen LogP contribution in [0.4, 0.5) is 0 Å². The minimum absolute atomic E-state index is 0.360. The van der Waals surface area contributed by atoms with Crippen LogP contribution in [-0.4, -0.2) is 17.3 Å². The van der Waals surface area contributed by atoms with E-state index in [-0.39, 0.29) is 0 Å². The van der Waals surface area contributed by atoms with Crippen molar-refractivity contribution in [3.8, 4) is 22.9 Å². The highest BCUT2D eigenvalue weighted by atomic mass is 35.5. The van der Waals surface area contributed by atoms with Gasteiger partial charge >= 0.3 is 0 Å². The van der Waals surface area contributed by atoms with Crippen LogP contribution in [0.15, 0.2) is 71.3 Å². The van der Waals surface area contributed by atoms with Gasteiger partial charge in [-0.15, -0.1) is 0 Å². The Balaban J connectivity index is 1.50. The average Bonchev–Trinajstić information content (AvgIpc) is 3.25. The van der Waals surface area contributed by atoms with Crippen molar-refractivity contribution in [2.75, 3.05) is 7.11 Å². The summed E-state index contributed by atoms with van der Waals surface area (Å²) in [5.41, 5.74) is 2.52. The largest absolute Gasteiger partial charge is 0.496 e. The smallest absolute Gasteiger partial charge is 0.250 e. The monoisotopic (exact) mass is 452 g/mol. The van der Waals surface area contributed by atoms with Crippen LogP contribution in [0, 0.1) is 0 Å². The first-order valence-corrected chi connectivity index (χ1v) is 10.2. The highest BCUT2D eigenvalue weighted by Gasteiger charge is 2.11. The molecule has 0 fully saturated rings. The maximum Gasteiger partial charge on any atom is 0.250 e. The van der Waals surface area contributed by atoms with Gasteiger partial charge < -0.3 is 14.0 Å². The van der Waals surface area contributed by atoms with Gasteiger partial charge in [0.05, 0.1) is 12.1 Å². The number of methoxy groups -OCH3 is 1. The van der Waals surface area contributed by atoms with E-state index in [1.807, 2.05) is 54.6 Å². The van der Waals surface area contributed by atoms with E-state index < -0.39 is 0 Å². The predicted octanol–water partition coefficient (Wildman–Crippen LogP) is 6.80. The Morgan fingerprint density at radius 3 is 2.58 bits per heavy atom. The fourth-order valence-electron chi connectivity index (χ4n) is 2.94. The van der Waals surface area contributed by atoms with E-state index in [1.165, 1.54) is 0 Å². The van der Waals surface area contributed by atoms with Crippen molar-refractivity contribution in [2.45, 2.75) is 6.61 Å². The summed E-state index contributed by atoms with van der Waals surface area (Å²) in [5, 5.41) is 5.00. The number of hydrogen-bond acceptors (Lipinski definition) is 5. The molecule has 0 N–H and O–H groups in total. The molecule has 0 aliphatic heterocycles. The first kappa shape index (κ1) is 21.0. The van der Waals surface area contributed by atoms with Gasteiger partial charge in [-0.05, 0) is 54.1 Å². The quantitative estimate of drug-likeness (QED) is 0.308. The van der Waals surface area contributed by atoms with Crippen molar-refractivity contribution in [1.82, 2.24) is 10.1 Å².